The lowest BCUT2D eigenvalue weighted by Crippen LogP contribution is -2.43. The van der Waals surface area contributed by atoms with Crippen molar-refractivity contribution in [1.29, 1.82) is 0 Å². The maximum absolute atomic E-state index is 12.2. The number of rotatable bonds is 9. The molecule has 0 aromatic heterocycles. The second kappa shape index (κ2) is 11.6. The van der Waals surface area contributed by atoms with Gasteiger partial charge in [-0.05, 0) is 53.4 Å². The molecular weight excluding hydrogens is 404 g/mol. The maximum atomic E-state index is 12.2. The molecular formula is C26H28N2O4. The number of hydrogen-bond donors (Lipinski definition) is 2. The third-order valence-electron chi connectivity index (χ3n) is 4.85. The molecule has 0 bridgehead atoms. The smallest absolute Gasteiger partial charge is 0.276 e. The summed E-state index contributed by atoms with van der Waals surface area (Å²) >= 11 is 0. The van der Waals surface area contributed by atoms with Gasteiger partial charge in [0.1, 0.15) is 11.5 Å². The highest BCUT2D eigenvalue weighted by Crippen LogP contribution is 2.18. The minimum atomic E-state index is -0.452. The summed E-state index contributed by atoms with van der Waals surface area (Å²) in [5, 5.41) is 0. The van der Waals surface area contributed by atoms with Crippen molar-refractivity contribution >= 4 is 11.8 Å². The summed E-state index contributed by atoms with van der Waals surface area (Å²) in [6, 6.07) is 24.4. The molecule has 0 unspecified atom stereocenters. The van der Waals surface area contributed by atoms with Crippen LogP contribution in [0.1, 0.15) is 41.3 Å². The molecule has 6 nitrogen and oxygen atoms in total. The lowest BCUT2D eigenvalue weighted by molar-refractivity contribution is -0.123. The Bertz CT molecular complexity index is 1000. The van der Waals surface area contributed by atoms with E-state index >= 15 is 0 Å². The molecule has 0 saturated carbocycles. The van der Waals surface area contributed by atoms with E-state index in [4.69, 9.17) is 9.47 Å². The molecule has 2 amide bonds. The van der Waals surface area contributed by atoms with E-state index in [9.17, 15) is 9.59 Å². The molecule has 0 aliphatic heterocycles. The number of hydrazine groups is 1. The van der Waals surface area contributed by atoms with E-state index in [2.05, 4.69) is 36.8 Å². The Kier molecular flexibility index (Phi) is 8.26. The topological polar surface area (TPSA) is 76.7 Å². The fourth-order valence-corrected chi connectivity index (χ4v) is 2.97. The van der Waals surface area contributed by atoms with Crippen LogP contribution >= 0.6 is 0 Å². The average Bonchev–Trinajstić information content (AvgIpc) is 2.82. The van der Waals surface area contributed by atoms with Crippen LogP contribution in [0.5, 0.6) is 11.5 Å². The Morgan fingerprint density at radius 1 is 0.781 bits per heavy atom. The van der Waals surface area contributed by atoms with Crippen LogP contribution in [0.2, 0.25) is 0 Å². The monoisotopic (exact) mass is 432 g/mol. The second-order valence-corrected chi connectivity index (χ2v) is 7.62. The quantitative estimate of drug-likeness (QED) is 0.495. The van der Waals surface area contributed by atoms with Crippen LogP contribution in [0, 0.1) is 0 Å². The molecule has 0 aliphatic rings. The van der Waals surface area contributed by atoms with Crippen LogP contribution in [-0.4, -0.2) is 25.0 Å². The van der Waals surface area contributed by atoms with Crippen LogP contribution in [0.3, 0.4) is 0 Å². The van der Waals surface area contributed by atoms with Gasteiger partial charge < -0.3 is 9.47 Å². The van der Waals surface area contributed by atoms with Crippen molar-refractivity contribution in [3.05, 3.63) is 95.6 Å². The molecule has 2 N–H and O–H groups in total. The van der Waals surface area contributed by atoms with Gasteiger partial charge in [0.25, 0.3) is 11.8 Å². The first-order valence-electron chi connectivity index (χ1n) is 10.6. The lowest BCUT2D eigenvalue weighted by Gasteiger charge is -2.11. The molecule has 3 aromatic carbocycles. The highest BCUT2D eigenvalue weighted by molar-refractivity contribution is 5.95. The maximum Gasteiger partial charge on any atom is 0.276 e. The zero-order valence-corrected chi connectivity index (χ0v) is 18.3. The van der Waals surface area contributed by atoms with Gasteiger partial charge in [-0.1, -0.05) is 56.3 Å². The molecule has 0 fully saturated rings. The lowest BCUT2D eigenvalue weighted by atomic mass is 10.0. The molecule has 3 aromatic rings. The number of benzene rings is 3. The summed E-state index contributed by atoms with van der Waals surface area (Å²) in [4.78, 5) is 24.2. The molecule has 0 heterocycles. The first-order valence-corrected chi connectivity index (χ1v) is 10.6. The number of carbonyl (C=O) groups is 2. The molecule has 32 heavy (non-hydrogen) atoms. The van der Waals surface area contributed by atoms with E-state index in [0.29, 0.717) is 29.6 Å². The zero-order valence-electron chi connectivity index (χ0n) is 18.3. The van der Waals surface area contributed by atoms with Crippen LogP contribution in [0.25, 0.3) is 0 Å². The van der Waals surface area contributed by atoms with Crippen molar-refractivity contribution in [3.8, 4) is 11.5 Å². The van der Waals surface area contributed by atoms with E-state index in [0.717, 1.165) is 6.42 Å². The highest BCUT2D eigenvalue weighted by atomic mass is 16.5. The molecule has 0 aliphatic carbocycles. The van der Waals surface area contributed by atoms with E-state index in [1.165, 1.54) is 11.1 Å². The predicted molar refractivity (Wildman–Crippen MR) is 124 cm³/mol. The van der Waals surface area contributed by atoms with Crippen LogP contribution in [0.15, 0.2) is 78.9 Å². The van der Waals surface area contributed by atoms with Crippen molar-refractivity contribution in [2.45, 2.75) is 26.2 Å². The summed E-state index contributed by atoms with van der Waals surface area (Å²) in [6.07, 6.45) is 0.805. The highest BCUT2D eigenvalue weighted by Gasteiger charge is 2.09. The first kappa shape index (κ1) is 22.9. The number of amides is 2. The fraction of sp³-hybridized carbons (Fsp3) is 0.231. The van der Waals surface area contributed by atoms with Crippen molar-refractivity contribution in [2.24, 2.45) is 0 Å². The fourth-order valence-electron chi connectivity index (χ4n) is 2.97. The standard InChI is InChI=1S/C26H28N2O4/c1-19(2)21-8-12-24(13-9-21)32-18-25(29)27-28-26(30)22-10-14-23(15-11-22)31-17-16-20-6-4-3-5-7-20/h3-15,19H,16-18H2,1-2H3,(H,27,29)(H,28,30). The third kappa shape index (κ3) is 7.16. The van der Waals surface area contributed by atoms with Crippen molar-refractivity contribution < 1.29 is 19.1 Å². The van der Waals surface area contributed by atoms with E-state index < -0.39 is 11.8 Å². The molecule has 3 rings (SSSR count). The average molecular weight is 433 g/mol. The van der Waals surface area contributed by atoms with E-state index in [1.807, 2.05) is 42.5 Å². The van der Waals surface area contributed by atoms with Gasteiger partial charge in [-0.3, -0.25) is 20.4 Å². The molecule has 0 saturated heterocycles. The van der Waals surface area contributed by atoms with Gasteiger partial charge in [0.15, 0.2) is 6.61 Å². The van der Waals surface area contributed by atoms with Gasteiger partial charge in [-0.25, -0.2) is 0 Å². The minimum absolute atomic E-state index is 0.199. The molecule has 166 valence electrons. The summed E-state index contributed by atoms with van der Waals surface area (Å²) in [7, 11) is 0. The van der Waals surface area contributed by atoms with Crippen LogP contribution in [-0.2, 0) is 11.2 Å². The summed E-state index contributed by atoms with van der Waals surface area (Å²) in [6.45, 7) is 4.57. The number of hydrogen-bond acceptors (Lipinski definition) is 4. The normalized spacial score (nSPS) is 10.5. The Balaban J connectivity index is 1.37. The Labute approximate surface area is 188 Å². The Morgan fingerprint density at radius 2 is 1.41 bits per heavy atom. The van der Waals surface area contributed by atoms with Gasteiger partial charge in [0, 0.05) is 12.0 Å². The largest absolute Gasteiger partial charge is 0.493 e. The third-order valence-corrected chi connectivity index (χ3v) is 4.85. The first-order chi connectivity index (χ1) is 15.5. The molecule has 0 radical (unpaired) electrons. The Hall–Kier alpha value is -3.80. The predicted octanol–water partition coefficient (Wildman–Crippen LogP) is 4.27. The van der Waals surface area contributed by atoms with Crippen LogP contribution in [0.4, 0.5) is 0 Å². The number of carbonyl (C=O) groups excluding carboxylic acids is 2. The van der Waals surface area contributed by atoms with E-state index in [1.54, 1.807) is 24.3 Å². The summed E-state index contributed by atoms with van der Waals surface area (Å²) in [5.41, 5.74) is 7.55. The van der Waals surface area contributed by atoms with Crippen molar-refractivity contribution in [2.75, 3.05) is 13.2 Å². The van der Waals surface area contributed by atoms with Crippen molar-refractivity contribution in [3.63, 3.8) is 0 Å². The molecule has 6 heteroatoms. The molecule has 0 atom stereocenters. The van der Waals surface area contributed by atoms with Gasteiger partial charge >= 0.3 is 0 Å². The second-order valence-electron chi connectivity index (χ2n) is 7.62. The van der Waals surface area contributed by atoms with Gasteiger partial charge in [-0.2, -0.15) is 0 Å². The number of nitrogens with one attached hydrogen (secondary N) is 2. The number of ether oxygens (including phenoxy) is 2. The summed E-state index contributed by atoms with van der Waals surface area (Å²) < 4.78 is 11.2. The zero-order chi connectivity index (χ0) is 22.8. The Morgan fingerprint density at radius 3 is 2.06 bits per heavy atom. The SMILES string of the molecule is CC(C)c1ccc(OCC(=O)NNC(=O)c2ccc(OCCc3ccccc3)cc2)cc1. The van der Waals surface area contributed by atoms with Crippen LogP contribution < -0.4 is 20.3 Å². The summed E-state index contributed by atoms with van der Waals surface area (Å²) in [5.74, 6) is 0.831. The van der Waals surface area contributed by atoms with Gasteiger partial charge in [0.05, 0.1) is 6.61 Å². The van der Waals surface area contributed by atoms with Gasteiger partial charge in [-0.15, -0.1) is 0 Å². The van der Waals surface area contributed by atoms with Crippen molar-refractivity contribution in [1.82, 2.24) is 10.9 Å². The van der Waals surface area contributed by atoms with Gasteiger partial charge in [0.2, 0.25) is 0 Å². The molecule has 0 spiro atoms. The minimum Gasteiger partial charge on any atom is -0.493 e. The van der Waals surface area contributed by atoms with E-state index in [-0.39, 0.29) is 6.61 Å².